The summed E-state index contributed by atoms with van der Waals surface area (Å²) in [5.41, 5.74) is 1.15. The van der Waals surface area contributed by atoms with Gasteiger partial charge in [0, 0.05) is 38.2 Å². The van der Waals surface area contributed by atoms with Crippen LogP contribution in [0.15, 0.2) is 5.38 Å². The van der Waals surface area contributed by atoms with Crippen LogP contribution in [0.1, 0.15) is 38.8 Å². The summed E-state index contributed by atoms with van der Waals surface area (Å²) in [6, 6.07) is 0.745. The fourth-order valence-corrected chi connectivity index (χ4v) is 3.04. The number of methoxy groups -OCH3 is 1. The van der Waals surface area contributed by atoms with Gasteiger partial charge in [-0.2, -0.15) is 0 Å². The molecule has 1 aliphatic carbocycles. The van der Waals surface area contributed by atoms with E-state index >= 15 is 0 Å². The molecule has 0 unspecified atom stereocenters. The van der Waals surface area contributed by atoms with Gasteiger partial charge in [-0.05, 0) is 25.2 Å². The monoisotopic (exact) mass is 297 g/mol. The second kappa shape index (κ2) is 7.96. The standard InChI is InChI=1S/C15H27N3OS/c1-12(2)6-8-18(14-4-5-14)15-17-13(11-20-15)10-16-7-9-19-3/h11-12,14,16H,4-10H2,1-3H3. The van der Waals surface area contributed by atoms with Crippen LogP contribution < -0.4 is 10.2 Å². The first-order valence-corrected chi connectivity index (χ1v) is 8.49. The molecular formula is C15H27N3OS. The van der Waals surface area contributed by atoms with Crippen LogP contribution >= 0.6 is 11.3 Å². The highest BCUT2D eigenvalue weighted by atomic mass is 32.1. The topological polar surface area (TPSA) is 37.4 Å². The highest BCUT2D eigenvalue weighted by molar-refractivity contribution is 7.13. The quantitative estimate of drug-likeness (QED) is 0.674. The van der Waals surface area contributed by atoms with Gasteiger partial charge in [0.05, 0.1) is 12.3 Å². The molecule has 0 aliphatic heterocycles. The summed E-state index contributed by atoms with van der Waals surface area (Å²) in [6.45, 7) is 8.19. The van der Waals surface area contributed by atoms with Gasteiger partial charge in [0.25, 0.3) is 0 Å². The number of anilines is 1. The largest absolute Gasteiger partial charge is 0.383 e. The van der Waals surface area contributed by atoms with Crippen LogP contribution in [0.4, 0.5) is 5.13 Å². The molecule has 4 nitrogen and oxygen atoms in total. The predicted octanol–water partition coefficient (Wildman–Crippen LogP) is 2.89. The molecule has 1 saturated carbocycles. The van der Waals surface area contributed by atoms with Crippen LogP contribution in [0.5, 0.6) is 0 Å². The zero-order valence-electron chi connectivity index (χ0n) is 12.9. The fraction of sp³-hybridized carbons (Fsp3) is 0.800. The Hall–Kier alpha value is -0.650. The summed E-state index contributed by atoms with van der Waals surface area (Å²) < 4.78 is 5.03. The molecule has 0 spiro atoms. The molecule has 0 bridgehead atoms. The Morgan fingerprint density at radius 3 is 2.95 bits per heavy atom. The average Bonchev–Trinajstić information content (AvgIpc) is 3.14. The first-order valence-electron chi connectivity index (χ1n) is 7.61. The number of rotatable bonds is 10. The van der Waals surface area contributed by atoms with Gasteiger partial charge in [-0.25, -0.2) is 4.98 Å². The number of hydrogen-bond acceptors (Lipinski definition) is 5. The highest BCUT2D eigenvalue weighted by Crippen LogP contribution is 2.33. The number of ether oxygens (including phenoxy) is 1. The molecule has 1 fully saturated rings. The van der Waals surface area contributed by atoms with Gasteiger partial charge in [-0.15, -0.1) is 11.3 Å². The maximum Gasteiger partial charge on any atom is 0.185 e. The van der Waals surface area contributed by atoms with Crippen LogP contribution in [0, 0.1) is 5.92 Å². The average molecular weight is 297 g/mol. The molecule has 0 atom stereocenters. The zero-order valence-corrected chi connectivity index (χ0v) is 13.7. The van der Waals surface area contributed by atoms with Crippen molar-refractivity contribution in [2.75, 3.05) is 31.7 Å². The molecule has 114 valence electrons. The lowest BCUT2D eigenvalue weighted by atomic mass is 10.1. The smallest absolute Gasteiger partial charge is 0.185 e. The van der Waals surface area contributed by atoms with E-state index in [2.05, 4.69) is 29.4 Å². The summed E-state index contributed by atoms with van der Waals surface area (Å²) in [4.78, 5) is 7.31. The number of thiazole rings is 1. The van der Waals surface area contributed by atoms with E-state index in [1.165, 1.54) is 24.4 Å². The molecule has 1 aromatic heterocycles. The summed E-state index contributed by atoms with van der Waals surface area (Å²) in [7, 11) is 1.73. The van der Waals surface area contributed by atoms with Crippen LogP contribution in [0.2, 0.25) is 0 Å². The number of nitrogens with one attached hydrogen (secondary N) is 1. The zero-order chi connectivity index (χ0) is 14.4. The minimum atomic E-state index is 0.745. The van der Waals surface area contributed by atoms with E-state index in [9.17, 15) is 0 Å². The molecule has 1 aromatic rings. The normalized spacial score (nSPS) is 15.0. The maximum atomic E-state index is 5.03. The van der Waals surface area contributed by atoms with Crippen molar-refractivity contribution in [3.05, 3.63) is 11.1 Å². The van der Waals surface area contributed by atoms with Crippen LogP contribution in [0.25, 0.3) is 0 Å². The second-order valence-electron chi connectivity index (χ2n) is 5.90. The molecule has 1 aliphatic rings. The third kappa shape index (κ3) is 5.04. The SMILES string of the molecule is COCCNCc1csc(N(CCC(C)C)C2CC2)n1. The van der Waals surface area contributed by atoms with Crippen LogP contribution in [0.3, 0.4) is 0 Å². The Bertz CT molecular complexity index is 390. The van der Waals surface area contributed by atoms with Gasteiger partial charge in [0.1, 0.15) is 0 Å². The summed E-state index contributed by atoms with van der Waals surface area (Å²) in [5, 5.41) is 6.74. The Balaban J connectivity index is 1.84. The van der Waals surface area contributed by atoms with Crippen molar-refractivity contribution < 1.29 is 4.74 Å². The molecule has 2 rings (SSSR count). The van der Waals surface area contributed by atoms with Crippen molar-refractivity contribution in [3.63, 3.8) is 0 Å². The Kier molecular flexibility index (Phi) is 6.26. The Morgan fingerprint density at radius 1 is 1.50 bits per heavy atom. The molecule has 5 heteroatoms. The third-order valence-corrected chi connectivity index (χ3v) is 4.44. The van der Waals surface area contributed by atoms with Crippen LogP contribution in [-0.4, -0.2) is 37.8 Å². The van der Waals surface area contributed by atoms with E-state index in [0.29, 0.717) is 0 Å². The van der Waals surface area contributed by atoms with Gasteiger partial charge in [-0.3, -0.25) is 0 Å². The molecule has 0 amide bonds. The summed E-state index contributed by atoms with van der Waals surface area (Å²) in [6.07, 6.45) is 3.91. The van der Waals surface area contributed by atoms with E-state index in [4.69, 9.17) is 9.72 Å². The molecule has 20 heavy (non-hydrogen) atoms. The fourth-order valence-electron chi connectivity index (χ4n) is 2.12. The van der Waals surface area contributed by atoms with Gasteiger partial charge in [0.2, 0.25) is 0 Å². The minimum absolute atomic E-state index is 0.745. The van der Waals surface area contributed by atoms with Gasteiger partial charge >= 0.3 is 0 Å². The van der Waals surface area contributed by atoms with E-state index in [1.807, 2.05) is 0 Å². The first kappa shape index (κ1) is 15.7. The van der Waals surface area contributed by atoms with Gasteiger partial charge in [-0.1, -0.05) is 13.8 Å². The molecule has 0 radical (unpaired) electrons. The van der Waals surface area contributed by atoms with E-state index in [0.717, 1.165) is 43.9 Å². The lowest BCUT2D eigenvalue weighted by molar-refractivity contribution is 0.199. The van der Waals surface area contributed by atoms with E-state index in [-0.39, 0.29) is 0 Å². The van der Waals surface area contributed by atoms with E-state index < -0.39 is 0 Å². The lowest BCUT2D eigenvalue weighted by Gasteiger charge is -2.22. The van der Waals surface area contributed by atoms with Crippen molar-refractivity contribution >= 4 is 16.5 Å². The number of nitrogens with zero attached hydrogens (tertiary/aromatic N) is 2. The number of aromatic nitrogens is 1. The van der Waals surface area contributed by atoms with Crippen molar-refractivity contribution in [1.82, 2.24) is 10.3 Å². The Morgan fingerprint density at radius 2 is 2.30 bits per heavy atom. The first-order chi connectivity index (χ1) is 9.70. The molecular weight excluding hydrogens is 270 g/mol. The Labute approximate surface area is 126 Å². The van der Waals surface area contributed by atoms with Crippen molar-refractivity contribution in [2.45, 2.75) is 45.7 Å². The van der Waals surface area contributed by atoms with Crippen LogP contribution in [-0.2, 0) is 11.3 Å². The predicted molar refractivity (Wildman–Crippen MR) is 85.5 cm³/mol. The van der Waals surface area contributed by atoms with Gasteiger partial charge < -0.3 is 15.0 Å². The lowest BCUT2D eigenvalue weighted by Crippen LogP contribution is -2.27. The summed E-state index contributed by atoms with van der Waals surface area (Å²) >= 11 is 1.79. The summed E-state index contributed by atoms with van der Waals surface area (Å²) in [5.74, 6) is 0.756. The van der Waals surface area contributed by atoms with Crippen molar-refractivity contribution in [2.24, 2.45) is 5.92 Å². The van der Waals surface area contributed by atoms with Crippen molar-refractivity contribution in [3.8, 4) is 0 Å². The molecule has 0 aromatic carbocycles. The third-order valence-electron chi connectivity index (χ3n) is 3.51. The van der Waals surface area contributed by atoms with E-state index in [1.54, 1.807) is 18.4 Å². The minimum Gasteiger partial charge on any atom is -0.383 e. The molecule has 1 N–H and O–H groups in total. The van der Waals surface area contributed by atoms with Gasteiger partial charge in [0.15, 0.2) is 5.13 Å². The second-order valence-corrected chi connectivity index (χ2v) is 6.73. The maximum absolute atomic E-state index is 5.03. The highest BCUT2D eigenvalue weighted by Gasteiger charge is 2.30. The molecule has 1 heterocycles. The van der Waals surface area contributed by atoms with Crippen molar-refractivity contribution in [1.29, 1.82) is 0 Å². The molecule has 0 saturated heterocycles. The number of hydrogen-bond donors (Lipinski definition) is 1.